The van der Waals surface area contributed by atoms with E-state index in [1.165, 1.54) is 48.8 Å². The molecule has 4 rings (SSSR count). The van der Waals surface area contributed by atoms with E-state index in [0.29, 0.717) is 0 Å². The normalized spacial score (nSPS) is 12.5. The third kappa shape index (κ3) is 4.94. The van der Waals surface area contributed by atoms with E-state index < -0.39 is 30.4 Å². The van der Waals surface area contributed by atoms with E-state index in [1.807, 2.05) is 0 Å². The van der Waals surface area contributed by atoms with Gasteiger partial charge in [-0.25, -0.2) is 14.5 Å². The number of hydrogen-bond donors (Lipinski definition) is 3. The van der Waals surface area contributed by atoms with E-state index >= 15 is 0 Å². The standard InChI is InChI=1S/C21H17F3N6O4/c22-21(23,24)14-4-2-1-3-13(14)15-5-6-18-26-9-16(30(18)29-15)19(33)27-17-7-8-25-20(28-17)34-11-12(32)10-31/h1-9,12,31-32H,10-11H2,(H,25,27,28,33). The second-order valence-corrected chi connectivity index (χ2v) is 7.00. The minimum atomic E-state index is -4.58. The van der Waals surface area contributed by atoms with Crippen LogP contribution in [0.4, 0.5) is 19.0 Å². The first-order chi connectivity index (χ1) is 16.3. The van der Waals surface area contributed by atoms with Gasteiger partial charge in [0.2, 0.25) is 0 Å². The monoisotopic (exact) mass is 474 g/mol. The van der Waals surface area contributed by atoms with Crippen LogP contribution < -0.4 is 10.1 Å². The van der Waals surface area contributed by atoms with Crippen LogP contribution in [0.25, 0.3) is 16.9 Å². The van der Waals surface area contributed by atoms with Crippen molar-refractivity contribution in [3.05, 3.63) is 66.1 Å². The number of imidazole rings is 1. The summed E-state index contributed by atoms with van der Waals surface area (Å²) in [6.07, 6.45) is -3.17. The molecule has 3 N–H and O–H groups in total. The number of carbonyl (C=O) groups excluding carboxylic acids is 1. The number of benzene rings is 1. The average Bonchev–Trinajstić information content (AvgIpc) is 3.25. The van der Waals surface area contributed by atoms with Gasteiger partial charge in [0.15, 0.2) is 11.3 Å². The largest absolute Gasteiger partial charge is 0.461 e. The maximum absolute atomic E-state index is 13.4. The highest BCUT2D eigenvalue weighted by atomic mass is 19.4. The van der Waals surface area contributed by atoms with E-state index in [0.717, 1.165) is 10.6 Å². The molecule has 0 aliphatic carbocycles. The van der Waals surface area contributed by atoms with Crippen LogP contribution in [0.2, 0.25) is 0 Å². The van der Waals surface area contributed by atoms with Gasteiger partial charge < -0.3 is 20.3 Å². The van der Waals surface area contributed by atoms with Crippen LogP contribution in [-0.2, 0) is 6.18 Å². The van der Waals surface area contributed by atoms with Crippen molar-refractivity contribution in [2.24, 2.45) is 0 Å². The van der Waals surface area contributed by atoms with Crippen LogP contribution >= 0.6 is 0 Å². The summed E-state index contributed by atoms with van der Waals surface area (Å²) in [4.78, 5) is 24.7. The van der Waals surface area contributed by atoms with Crippen molar-refractivity contribution in [2.45, 2.75) is 12.3 Å². The van der Waals surface area contributed by atoms with Crippen molar-refractivity contribution in [2.75, 3.05) is 18.5 Å². The third-order valence-corrected chi connectivity index (χ3v) is 4.59. The van der Waals surface area contributed by atoms with Gasteiger partial charge in [-0.2, -0.15) is 23.3 Å². The lowest BCUT2D eigenvalue weighted by Gasteiger charge is -2.12. The third-order valence-electron chi connectivity index (χ3n) is 4.59. The van der Waals surface area contributed by atoms with E-state index in [2.05, 4.69) is 25.4 Å². The molecule has 0 radical (unpaired) electrons. The van der Waals surface area contributed by atoms with Crippen LogP contribution in [0.3, 0.4) is 0 Å². The van der Waals surface area contributed by atoms with E-state index in [4.69, 9.17) is 9.84 Å². The van der Waals surface area contributed by atoms with Gasteiger partial charge in [0.25, 0.3) is 5.91 Å². The molecule has 4 aromatic rings. The molecule has 3 heterocycles. The molecule has 0 saturated heterocycles. The molecular weight excluding hydrogens is 457 g/mol. The number of nitrogens with zero attached hydrogens (tertiary/aromatic N) is 5. The molecule has 0 aliphatic heterocycles. The van der Waals surface area contributed by atoms with Crippen molar-refractivity contribution in [1.29, 1.82) is 0 Å². The van der Waals surface area contributed by atoms with Gasteiger partial charge in [0, 0.05) is 11.8 Å². The van der Waals surface area contributed by atoms with Crippen LogP contribution in [0, 0.1) is 0 Å². The zero-order valence-corrected chi connectivity index (χ0v) is 17.3. The maximum atomic E-state index is 13.4. The van der Waals surface area contributed by atoms with Crippen LogP contribution in [-0.4, -0.2) is 60.0 Å². The first-order valence-electron chi connectivity index (χ1n) is 9.84. The molecule has 1 aromatic carbocycles. The predicted molar refractivity (Wildman–Crippen MR) is 112 cm³/mol. The fourth-order valence-electron chi connectivity index (χ4n) is 3.01. The Labute approximate surface area is 189 Å². The molecule has 1 unspecified atom stereocenters. The Bertz CT molecular complexity index is 1330. The Morgan fingerprint density at radius 2 is 1.94 bits per heavy atom. The molecule has 0 spiro atoms. The summed E-state index contributed by atoms with van der Waals surface area (Å²) in [5.41, 5.74) is -0.777. The molecule has 0 fully saturated rings. The van der Waals surface area contributed by atoms with Gasteiger partial charge in [-0.1, -0.05) is 18.2 Å². The lowest BCUT2D eigenvalue weighted by molar-refractivity contribution is -0.137. The Kier molecular flexibility index (Phi) is 6.38. The van der Waals surface area contributed by atoms with Gasteiger partial charge in [-0.15, -0.1) is 0 Å². The molecule has 0 aliphatic rings. The van der Waals surface area contributed by atoms with Gasteiger partial charge in [0.05, 0.1) is 24.1 Å². The first-order valence-corrected chi connectivity index (χ1v) is 9.84. The summed E-state index contributed by atoms with van der Waals surface area (Å²) in [6.45, 7) is -0.763. The second kappa shape index (κ2) is 9.41. The molecule has 10 nitrogen and oxygen atoms in total. The summed E-state index contributed by atoms with van der Waals surface area (Å²) in [5, 5.41) is 24.9. The summed E-state index contributed by atoms with van der Waals surface area (Å²) >= 11 is 0. The molecule has 13 heteroatoms. The molecule has 1 atom stereocenters. The zero-order chi connectivity index (χ0) is 24.3. The molecule has 3 aromatic heterocycles. The predicted octanol–water partition coefficient (Wildman–Crippen LogP) is 2.19. The lowest BCUT2D eigenvalue weighted by atomic mass is 10.0. The number of anilines is 1. The molecule has 0 saturated carbocycles. The smallest absolute Gasteiger partial charge is 0.417 e. The quantitative estimate of drug-likeness (QED) is 0.371. The van der Waals surface area contributed by atoms with Gasteiger partial charge in [-0.3, -0.25) is 4.79 Å². The number of carbonyl (C=O) groups is 1. The number of halogens is 3. The van der Waals surface area contributed by atoms with Crippen molar-refractivity contribution < 1.29 is 32.9 Å². The Morgan fingerprint density at radius 1 is 1.15 bits per heavy atom. The summed E-state index contributed by atoms with van der Waals surface area (Å²) in [6, 6.07) is 9.08. The maximum Gasteiger partial charge on any atom is 0.417 e. The number of aliphatic hydroxyl groups excluding tert-OH is 2. The van der Waals surface area contributed by atoms with E-state index in [1.54, 1.807) is 0 Å². The minimum Gasteiger partial charge on any atom is -0.461 e. The number of aromatic nitrogens is 5. The van der Waals surface area contributed by atoms with Gasteiger partial charge >= 0.3 is 12.2 Å². The van der Waals surface area contributed by atoms with Crippen molar-refractivity contribution in [3.63, 3.8) is 0 Å². The topological polar surface area (TPSA) is 135 Å². The van der Waals surface area contributed by atoms with E-state index in [9.17, 15) is 23.1 Å². The Morgan fingerprint density at radius 3 is 2.71 bits per heavy atom. The van der Waals surface area contributed by atoms with Crippen molar-refractivity contribution >= 4 is 17.4 Å². The highest BCUT2D eigenvalue weighted by Gasteiger charge is 2.33. The number of rotatable bonds is 7. The molecule has 176 valence electrons. The fraction of sp³-hybridized carbons (Fsp3) is 0.190. The van der Waals surface area contributed by atoms with E-state index in [-0.39, 0.29) is 41.0 Å². The van der Waals surface area contributed by atoms with Crippen molar-refractivity contribution in [3.8, 4) is 17.3 Å². The number of fused-ring (bicyclic) bond motifs is 1. The first kappa shape index (κ1) is 23.1. The van der Waals surface area contributed by atoms with Crippen molar-refractivity contribution in [1.82, 2.24) is 24.6 Å². The molecule has 1 amide bonds. The number of hydrogen-bond acceptors (Lipinski definition) is 8. The van der Waals surface area contributed by atoms with Gasteiger partial charge in [0.1, 0.15) is 18.5 Å². The summed E-state index contributed by atoms with van der Waals surface area (Å²) in [5.74, 6) is -0.622. The zero-order valence-electron chi connectivity index (χ0n) is 17.3. The molecular formula is C21H17F3N6O4. The second-order valence-electron chi connectivity index (χ2n) is 7.00. The fourth-order valence-corrected chi connectivity index (χ4v) is 3.01. The van der Waals surface area contributed by atoms with Crippen LogP contribution in [0.15, 0.2) is 54.9 Å². The molecule has 34 heavy (non-hydrogen) atoms. The highest BCUT2D eigenvalue weighted by Crippen LogP contribution is 2.36. The minimum absolute atomic E-state index is 0.00707. The summed E-state index contributed by atoms with van der Waals surface area (Å²) < 4.78 is 46.6. The number of alkyl halides is 3. The van der Waals surface area contributed by atoms with Crippen LogP contribution in [0.5, 0.6) is 6.01 Å². The lowest BCUT2D eigenvalue weighted by Crippen LogP contribution is -2.22. The van der Waals surface area contributed by atoms with Gasteiger partial charge in [-0.05, 0) is 24.3 Å². The van der Waals surface area contributed by atoms with Crippen LogP contribution in [0.1, 0.15) is 16.1 Å². The number of aliphatic hydroxyl groups is 2. The number of amides is 1. The average molecular weight is 474 g/mol. The SMILES string of the molecule is O=C(Nc1ccnc(OCC(O)CO)n1)c1cnc2ccc(-c3ccccc3C(F)(F)F)nn12. The Balaban J connectivity index is 1.61. The Hall–Kier alpha value is -4.10. The number of ether oxygens (including phenoxy) is 1. The highest BCUT2D eigenvalue weighted by molar-refractivity contribution is 6.02. The number of nitrogens with one attached hydrogen (secondary N) is 1. The summed E-state index contributed by atoms with van der Waals surface area (Å²) in [7, 11) is 0. The molecule has 0 bridgehead atoms.